The predicted molar refractivity (Wildman–Crippen MR) is 66.7 cm³/mol. The van der Waals surface area contributed by atoms with Crippen LogP contribution in [0.2, 0.25) is 0 Å². The molecule has 0 aromatic heterocycles. The molecule has 3 N–H and O–H groups in total. The van der Waals surface area contributed by atoms with E-state index in [1.54, 1.807) is 0 Å². The first kappa shape index (κ1) is 15.4. The van der Waals surface area contributed by atoms with Crippen LogP contribution in [0, 0.1) is 0 Å². The second-order valence-electron chi connectivity index (χ2n) is 4.75. The van der Waals surface area contributed by atoms with E-state index < -0.39 is 28.1 Å². The molecule has 0 heterocycles. The number of aliphatic hydroxyl groups is 1. The van der Waals surface area contributed by atoms with E-state index in [2.05, 4.69) is 4.72 Å². The molecule has 1 aliphatic carbocycles. The van der Waals surface area contributed by atoms with Gasteiger partial charge in [-0.25, -0.2) is 13.1 Å². The van der Waals surface area contributed by atoms with E-state index in [0.29, 0.717) is 12.8 Å². The van der Waals surface area contributed by atoms with Crippen LogP contribution in [0.5, 0.6) is 0 Å². The molecule has 0 aromatic rings. The van der Waals surface area contributed by atoms with Crippen LogP contribution in [-0.2, 0) is 14.8 Å². The van der Waals surface area contributed by atoms with Gasteiger partial charge in [0.15, 0.2) is 0 Å². The van der Waals surface area contributed by atoms with Crippen LogP contribution in [0.1, 0.15) is 44.9 Å². The summed E-state index contributed by atoms with van der Waals surface area (Å²) in [6, 6.07) is -0.428. The van der Waals surface area contributed by atoms with Gasteiger partial charge in [-0.1, -0.05) is 19.3 Å². The SMILES string of the molecule is O=C(O)CCCS(=O)(=O)NC1CCCCCC1O. The quantitative estimate of drug-likeness (QED) is 0.613. The fourth-order valence-electron chi connectivity index (χ4n) is 2.13. The Kier molecular flexibility index (Phi) is 6.04. The average molecular weight is 279 g/mol. The fraction of sp³-hybridized carbons (Fsp3) is 0.909. The molecular weight excluding hydrogens is 258 g/mol. The zero-order valence-corrected chi connectivity index (χ0v) is 11.2. The minimum absolute atomic E-state index is 0.0908. The predicted octanol–water partition coefficient (Wildman–Crippen LogP) is 0.464. The van der Waals surface area contributed by atoms with E-state index in [4.69, 9.17) is 5.11 Å². The second kappa shape index (κ2) is 7.06. The summed E-state index contributed by atoms with van der Waals surface area (Å²) < 4.78 is 25.9. The van der Waals surface area contributed by atoms with E-state index in [9.17, 15) is 18.3 Å². The third kappa shape index (κ3) is 5.79. The van der Waals surface area contributed by atoms with Crippen molar-refractivity contribution in [1.29, 1.82) is 0 Å². The number of carbonyl (C=O) groups is 1. The summed E-state index contributed by atoms with van der Waals surface area (Å²) in [5.41, 5.74) is 0. The van der Waals surface area contributed by atoms with E-state index in [1.807, 2.05) is 0 Å². The number of carboxylic acids is 1. The summed E-state index contributed by atoms with van der Waals surface area (Å²) in [5.74, 6) is -1.21. The Morgan fingerprint density at radius 2 is 1.89 bits per heavy atom. The molecule has 6 nitrogen and oxygen atoms in total. The van der Waals surface area contributed by atoms with Gasteiger partial charge in [0.1, 0.15) is 0 Å². The third-order valence-electron chi connectivity index (χ3n) is 3.11. The van der Waals surface area contributed by atoms with Crippen LogP contribution in [0.25, 0.3) is 0 Å². The molecular formula is C11H21NO5S. The average Bonchev–Trinajstić information content (AvgIpc) is 2.43. The number of rotatable bonds is 6. The zero-order valence-electron chi connectivity index (χ0n) is 10.3. The van der Waals surface area contributed by atoms with Crippen molar-refractivity contribution in [2.45, 2.75) is 57.1 Å². The molecule has 7 heteroatoms. The van der Waals surface area contributed by atoms with Gasteiger partial charge in [0.2, 0.25) is 10.0 Å². The maximum absolute atomic E-state index is 11.7. The Hall–Kier alpha value is -0.660. The Morgan fingerprint density at radius 1 is 1.22 bits per heavy atom. The summed E-state index contributed by atoms with van der Waals surface area (Å²) in [5, 5.41) is 18.3. The Morgan fingerprint density at radius 3 is 2.56 bits per heavy atom. The summed E-state index contributed by atoms with van der Waals surface area (Å²) in [7, 11) is -3.50. The molecule has 18 heavy (non-hydrogen) atoms. The number of sulfonamides is 1. The van der Waals surface area contributed by atoms with Gasteiger partial charge in [-0.3, -0.25) is 4.79 Å². The zero-order chi connectivity index (χ0) is 13.6. The topological polar surface area (TPSA) is 104 Å². The van der Waals surface area contributed by atoms with Gasteiger partial charge >= 0.3 is 5.97 Å². The van der Waals surface area contributed by atoms with Crippen LogP contribution >= 0.6 is 0 Å². The van der Waals surface area contributed by atoms with Gasteiger partial charge in [-0.05, 0) is 19.3 Å². The van der Waals surface area contributed by atoms with Crippen LogP contribution in [0.3, 0.4) is 0 Å². The summed E-state index contributed by atoms with van der Waals surface area (Å²) >= 11 is 0. The highest BCUT2D eigenvalue weighted by Gasteiger charge is 2.25. The number of hydrogen-bond donors (Lipinski definition) is 3. The van der Waals surface area contributed by atoms with Crippen molar-refractivity contribution in [2.24, 2.45) is 0 Å². The largest absolute Gasteiger partial charge is 0.481 e. The highest BCUT2D eigenvalue weighted by atomic mass is 32.2. The Bertz CT molecular complexity index is 368. The van der Waals surface area contributed by atoms with Gasteiger partial charge in [-0.2, -0.15) is 0 Å². The van der Waals surface area contributed by atoms with Gasteiger partial charge in [0.05, 0.1) is 11.9 Å². The molecule has 1 rings (SSSR count). The third-order valence-corrected chi connectivity index (χ3v) is 4.60. The molecule has 0 bridgehead atoms. The lowest BCUT2D eigenvalue weighted by molar-refractivity contribution is -0.137. The molecule has 0 radical (unpaired) electrons. The molecule has 0 spiro atoms. The van der Waals surface area contributed by atoms with E-state index in [-0.39, 0.29) is 18.6 Å². The van der Waals surface area contributed by atoms with Crippen LogP contribution in [0.15, 0.2) is 0 Å². The molecule has 1 aliphatic rings. The van der Waals surface area contributed by atoms with E-state index in [1.165, 1.54) is 0 Å². The Balaban J connectivity index is 2.45. The van der Waals surface area contributed by atoms with Crippen LogP contribution in [-0.4, -0.2) is 42.5 Å². The van der Waals surface area contributed by atoms with E-state index >= 15 is 0 Å². The van der Waals surface area contributed by atoms with Crippen molar-refractivity contribution >= 4 is 16.0 Å². The van der Waals surface area contributed by atoms with Gasteiger partial charge in [0, 0.05) is 12.5 Å². The molecule has 2 atom stereocenters. The van der Waals surface area contributed by atoms with Gasteiger partial charge in [-0.15, -0.1) is 0 Å². The van der Waals surface area contributed by atoms with Gasteiger partial charge in [0.25, 0.3) is 0 Å². The first-order valence-corrected chi connectivity index (χ1v) is 7.96. The Labute approximate surface area is 107 Å². The number of aliphatic hydroxyl groups excluding tert-OH is 1. The van der Waals surface area contributed by atoms with Gasteiger partial charge < -0.3 is 10.2 Å². The first-order chi connectivity index (χ1) is 8.41. The molecule has 1 fully saturated rings. The molecule has 0 aliphatic heterocycles. The minimum Gasteiger partial charge on any atom is -0.481 e. The van der Waals surface area contributed by atoms with Crippen LogP contribution < -0.4 is 4.72 Å². The smallest absolute Gasteiger partial charge is 0.303 e. The molecule has 106 valence electrons. The molecule has 2 unspecified atom stereocenters. The van der Waals surface area contributed by atoms with Crippen molar-refractivity contribution < 1.29 is 23.4 Å². The van der Waals surface area contributed by atoms with Crippen molar-refractivity contribution in [1.82, 2.24) is 4.72 Å². The summed E-state index contributed by atoms with van der Waals surface area (Å²) in [6.45, 7) is 0. The number of hydrogen-bond acceptors (Lipinski definition) is 4. The lowest BCUT2D eigenvalue weighted by Gasteiger charge is -2.21. The van der Waals surface area contributed by atoms with Crippen molar-refractivity contribution in [3.8, 4) is 0 Å². The van der Waals surface area contributed by atoms with Crippen LogP contribution in [0.4, 0.5) is 0 Å². The minimum atomic E-state index is -3.50. The fourth-order valence-corrected chi connectivity index (χ4v) is 3.51. The standard InChI is InChI=1S/C11H21NO5S/c13-10-6-3-1-2-5-9(10)12-18(16,17)8-4-7-11(14)15/h9-10,12-13H,1-8H2,(H,14,15). The molecule has 0 aromatic carbocycles. The first-order valence-electron chi connectivity index (χ1n) is 6.30. The molecule has 0 saturated heterocycles. The summed E-state index contributed by atoms with van der Waals surface area (Å²) in [6.07, 6.45) is 3.37. The monoisotopic (exact) mass is 279 g/mol. The lowest BCUT2D eigenvalue weighted by atomic mass is 10.1. The number of aliphatic carboxylic acids is 1. The number of nitrogens with one attached hydrogen (secondary N) is 1. The normalized spacial score (nSPS) is 25.6. The highest BCUT2D eigenvalue weighted by molar-refractivity contribution is 7.89. The summed E-state index contributed by atoms with van der Waals surface area (Å²) in [4.78, 5) is 10.3. The maximum Gasteiger partial charge on any atom is 0.303 e. The number of carboxylic acid groups (broad SMARTS) is 1. The second-order valence-corrected chi connectivity index (χ2v) is 6.62. The molecule has 0 amide bonds. The maximum atomic E-state index is 11.7. The lowest BCUT2D eigenvalue weighted by Crippen LogP contribution is -2.43. The van der Waals surface area contributed by atoms with Crippen molar-refractivity contribution in [3.63, 3.8) is 0 Å². The highest BCUT2D eigenvalue weighted by Crippen LogP contribution is 2.18. The molecule has 1 saturated carbocycles. The van der Waals surface area contributed by atoms with E-state index in [0.717, 1.165) is 19.3 Å². The van der Waals surface area contributed by atoms with Crippen molar-refractivity contribution in [2.75, 3.05) is 5.75 Å². The van der Waals surface area contributed by atoms with Crippen molar-refractivity contribution in [3.05, 3.63) is 0 Å².